The average Bonchev–Trinajstić information content (AvgIpc) is 2.96. The van der Waals surface area contributed by atoms with E-state index in [4.69, 9.17) is 0 Å². The monoisotopic (exact) mass is 313 g/mol. The highest BCUT2D eigenvalue weighted by atomic mass is 79.9. The molecular weight excluding hydrogens is 294 g/mol. The van der Waals surface area contributed by atoms with Crippen LogP contribution in [0.2, 0.25) is 0 Å². The number of carbonyl (C=O) groups excluding carboxylic acids is 1. The Kier molecular flexibility index (Phi) is 4.22. The van der Waals surface area contributed by atoms with Gasteiger partial charge in [-0.15, -0.1) is 0 Å². The molecule has 18 heavy (non-hydrogen) atoms. The lowest BCUT2D eigenvalue weighted by molar-refractivity contribution is 0.0789. The number of hydrogen-bond acceptors (Lipinski definition) is 3. The SMILES string of the molecule is CCCC1(C(=O)c2c(Br)cnn2CC)CCNC1. The number of aryl methyl sites for hydroxylation is 1. The third-order valence-corrected chi connectivity index (χ3v) is 4.34. The minimum absolute atomic E-state index is 0.232. The molecule has 0 bridgehead atoms. The Morgan fingerprint density at radius 3 is 2.94 bits per heavy atom. The Hall–Kier alpha value is -0.680. The Morgan fingerprint density at radius 1 is 1.61 bits per heavy atom. The van der Waals surface area contributed by atoms with Crippen LogP contribution in [0.15, 0.2) is 10.7 Å². The van der Waals surface area contributed by atoms with E-state index in [0.29, 0.717) is 0 Å². The summed E-state index contributed by atoms with van der Waals surface area (Å²) in [5, 5.41) is 7.58. The Morgan fingerprint density at radius 2 is 2.39 bits per heavy atom. The molecule has 2 heterocycles. The van der Waals surface area contributed by atoms with Gasteiger partial charge in [-0.1, -0.05) is 13.3 Å². The summed E-state index contributed by atoms with van der Waals surface area (Å²) in [5.41, 5.74) is 0.499. The summed E-state index contributed by atoms with van der Waals surface area (Å²) in [6.07, 6.45) is 4.63. The lowest BCUT2D eigenvalue weighted by atomic mass is 9.77. The number of halogens is 1. The molecule has 1 aliphatic rings. The van der Waals surface area contributed by atoms with Crippen molar-refractivity contribution in [3.05, 3.63) is 16.4 Å². The van der Waals surface area contributed by atoms with Gasteiger partial charge in [-0.25, -0.2) is 0 Å². The van der Waals surface area contributed by atoms with Crippen molar-refractivity contribution in [2.24, 2.45) is 5.41 Å². The average molecular weight is 314 g/mol. The third kappa shape index (κ3) is 2.26. The van der Waals surface area contributed by atoms with Gasteiger partial charge in [-0.3, -0.25) is 9.48 Å². The largest absolute Gasteiger partial charge is 0.316 e. The number of nitrogens with zero attached hydrogens (tertiary/aromatic N) is 2. The second kappa shape index (κ2) is 5.53. The van der Waals surface area contributed by atoms with Gasteiger partial charge in [0.15, 0.2) is 5.78 Å². The molecule has 1 fully saturated rings. The number of nitrogens with one attached hydrogen (secondary N) is 1. The molecule has 1 aromatic rings. The van der Waals surface area contributed by atoms with Crippen molar-refractivity contribution >= 4 is 21.7 Å². The fourth-order valence-electron chi connectivity index (χ4n) is 2.82. The number of ketones is 1. The van der Waals surface area contributed by atoms with E-state index in [2.05, 4.69) is 33.3 Å². The summed E-state index contributed by atoms with van der Waals surface area (Å²) < 4.78 is 2.61. The molecule has 1 atom stereocenters. The first kappa shape index (κ1) is 13.7. The quantitative estimate of drug-likeness (QED) is 0.850. The molecule has 1 aromatic heterocycles. The maximum atomic E-state index is 12.9. The fourth-order valence-corrected chi connectivity index (χ4v) is 3.30. The van der Waals surface area contributed by atoms with Crippen molar-refractivity contribution in [3.8, 4) is 0 Å². The summed E-state index contributed by atoms with van der Waals surface area (Å²) in [6.45, 7) is 6.60. The van der Waals surface area contributed by atoms with E-state index < -0.39 is 0 Å². The van der Waals surface area contributed by atoms with Crippen molar-refractivity contribution in [1.82, 2.24) is 15.1 Å². The van der Waals surface area contributed by atoms with Crippen molar-refractivity contribution in [3.63, 3.8) is 0 Å². The van der Waals surface area contributed by atoms with Crippen molar-refractivity contribution < 1.29 is 4.79 Å². The Balaban J connectivity index is 2.36. The van der Waals surface area contributed by atoms with Crippen LogP contribution < -0.4 is 5.32 Å². The van der Waals surface area contributed by atoms with E-state index in [-0.39, 0.29) is 11.2 Å². The third-order valence-electron chi connectivity index (χ3n) is 3.76. The molecule has 4 nitrogen and oxygen atoms in total. The summed E-state index contributed by atoms with van der Waals surface area (Å²) in [5.74, 6) is 0.237. The number of hydrogen-bond donors (Lipinski definition) is 1. The zero-order valence-corrected chi connectivity index (χ0v) is 12.6. The number of rotatable bonds is 5. The van der Waals surface area contributed by atoms with Crippen molar-refractivity contribution in [2.75, 3.05) is 13.1 Å². The topological polar surface area (TPSA) is 46.9 Å². The maximum Gasteiger partial charge on any atom is 0.189 e. The lowest BCUT2D eigenvalue weighted by Gasteiger charge is -2.26. The molecule has 1 N–H and O–H groups in total. The predicted octanol–water partition coefficient (Wildman–Crippen LogP) is 2.63. The van der Waals surface area contributed by atoms with Gasteiger partial charge >= 0.3 is 0 Å². The van der Waals surface area contributed by atoms with Gasteiger partial charge in [0.25, 0.3) is 0 Å². The molecule has 0 saturated carbocycles. The van der Waals surface area contributed by atoms with Gasteiger partial charge in [0.2, 0.25) is 0 Å². The first-order chi connectivity index (χ1) is 8.64. The molecule has 0 aromatic carbocycles. The molecular formula is C13H20BrN3O. The smallest absolute Gasteiger partial charge is 0.189 e. The molecule has 0 spiro atoms. The minimum atomic E-state index is -0.232. The van der Waals surface area contributed by atoms with Crippen molar-refractivity contribution in [2.45, 2.75) is 39.7 Å². The molecule has 1 aliphatic heterocycles. The Labute approximate surface area is 116 Å². The predicted molar refractivity (Wildman–Crippen MR) is 74.8 cm³/mol. The van der Waals surface area contributed by atoms with Crippen LogP contribution in [0, 0.1) is 5.41 Å². The Bertz CT molecular complexity index is 435. The van der Waals surface area contributed by atoms with Crippen LogP contribution in [0.1, 0.15) is 43.6 Å². The molecule has 5 heteroatoms. The van der Waals surface area contributed by atoms with E-state index in [1.165, 1.54) is 0 Å². The van der Waals surface area contributed by atoms with Crippen LogP contribution in [-0.2, 0) is 6.54 Å². The van der Waals surface area contributed by atoms with E-state index >= 15 is 0 Å². The number of Topliss-reactive ketones (excluding diaryl/α,β-unsaturated/α-hetero) is 1. The summed E-state index contributed by atoms with van der Waals surface area (Å²) in [4.78, 5) is 12.9. The lowest BCUT2D eigenvalue weighted by Crippen LogP contribution is -2.35. The van der Waals surface area contributed by atoms with Crippen LogP contribution in [0.5, 0.6) is 0 Å². The zero-order valence-electron chi connectivity index (χ0n) is 11.0. The molecule has 1 saturated heterocycles. The van der Waals surface area contributed by atoms with Crippen molar-refractivity contribution in [1.29, 1.82) is 0 Å². The molecule has 0 amide bonds. The van der Waals surface area contributed by atoms with Crippen LogP contribution >= 0.6 is 15.9 Å². The van der Waals surface area contributed by atoms with E-state index in [9.17, 15) is 4.79 Å². The second-order valence-electron chi connectivity index (χ2n) is 4.94. The van der Waals surface area contributed by atoms with Crippen LogP contribution in [0.3, 0.4) is 0 Å². The molecule has 1 unspecified atom stereocenters. The number of carbonyl (C=O) groups is 1. The standard InChI is InChI=1S/C13H20BrN3O/c1-3-5-13(6-7-15-9-13)12(18)11-10(14)8-16-17(11)4-2/h8,15H,3-7,9H2,1-2H3. The first-order valence-corrected chi connectivity index (χ1v) is 7.40. The molecule has 0 radical (unpaired) electrons. The first-order valence-electron chi connectivity index (χ1n) is 6.61. The van der Waals surface area contributed by atoms with Gasteiger partial charge in [-0.05, 0) is 42.2 Å². The normalized spacial score (nSPS) is 23.5. The molecule has 2 rings (SSSR count). The number of aromatic nitrogens is 2. The van der Waals surface area contributed by atoms with Gasteiger partial charge in [-0.2, -0.15) is 5.10 Å². The van der Waals surface area contributed by atoms with Crippen LogP contribution in [0.25, 0.3) is 0 Å². The van der Waals surface area contributed by atoms with Gasteiger partial charge in [0.05, 0.1) is 10.7 Å². The summed E-state index contributed by atoms with van der Waals surface area (Å²) >= 11 is 3.46. The van der Waals surface area contributed by atoms with Crippen LogP contribution in [0.4, 0.5) is 0 Å². The molecule has 0 aliphatic carbocycles. The summed E-state index contributed by atoms with van der Waals surface area (Å²) in [7, 11) is 0. The molecule has 100 valence electrons. The minimum Gasteiger partial charge on any atom is -0.316 e. The van der Waals surface area contributed by atoms with Gasteiger partial charge < -0.3 is 5.32 Å². The van der Waals surface area contributed by atoms with Crippen LogP contribution in [-0.4, -0.2) is 28.7 Å². The van der Waals surface area contributed by atoms with E-state index in [1.807, 2.05) is 6.92 Å². The second-order valence-corrected chi connectivity index (χ2v) is 5.80. The highest BCUT2D eigenvalue weighted by Gasteiger charge is 2.42. The highest BCUT2D eigenvalue weighted by molar-refractivity contribution is 9.10. The fraction of sp³-hybridized carbons (Fsp3) is 0.692. The van der Waals surface area contributed by atoms with E-state index in [0.717, 1.165) is 49.1 Å². The van der Waals surface area contributed by atoms with Gasteiger partial charge in [0.1, 0.15) is 5.69 Å². The zero-order chi connectivity index (χ0) is 13.2. The summed E-state index contributed by atoms with van der Waals surface area (Å²) in [6, 6.07) is 0. The highest BCUT2D eigenvalue weighted by Crippen LogP contribution is 2.36. The van der Waals surface area contributed by atoms with E-state index in [1.54, 1.807) is 10.9 Å². The van der Waals surface area contributed by atoms with Gasteiger partial charge in [0, 0.05) is 18.5 Å². The maximum absolute atomic E-state index is 12.9.